The van der Waals surface area contributed by atoms with Gasteiger partial charge >= 0.3 is 0 Å². The largest absolute Gasteiger partial charge is 0.394 e. The van der Waals surface area contributed by atoms with E-state index in [0.29, 0.717) is 0 Å². The van der Waals surface area contributed by atoms with Crippen molar-refractivity contribution in [1.29, 1.82) is 0 Å². The van der Waals surface area contributed by atoms with Gasteiger partial charge in [0, 0.05) is 20.1 Å². The van der Waals surface area contributed by atoms with Crippen LogP contribution in [0.1, 0.15) is 0 Å². The minimum atomic E-state index is -2.15. The molecular weight excluding hydrogens is 1100 g/mol. The van der Waals surface area contributed by atoms with Crippen LogP contribution in [0.4, 0.5) is 0 Å². The van der Waals surface area contributed by atoms with Gasteiger partial charge in [-0.15, -0.1) is 0 Å². The summed E-state index contributed by atoms with van der Waals surface area (Å²) in [6.07, 6.45) is -58.5. The molecule has 0 aromatic heterocycles. The van der Waals surface area contributed by atoms with Gasteiger partial charge in [0.2, 0.25) is 0 Å². The summed E-state index contributed by atoms with van der Waals surface area (Å²) in [5.74, 6) is 0. The van der Waals surface area contributed by atoms with E-state index in [1.807, 2.05) is 0 Å². The van der Waals surface area contributed by atoms with Crippen LogP contribution >= 0.6 is 0 Å². The number of rotatable bonds is 6. The first-order chi connectivity index (χ1) is 31.4. The van der Waals surface area contributed by atoms with E-state index in [1.54, 1.807) is 0 Å². The van der Waals surface area contributed by atoms with Crippen LogP contribution in [0.15, 0.2) is 0 Å². The van der Waals surface area contributed by atoms with Crippen molar-refractivity contribution in [3.05, 3.63) is 0 Å². The molecule has 0 spiro atoms. The maximum Gasteiger partial charge on any atom is 0.187 e. The Morgan fingerprint density at radius 2 is 0.313 bits per heavy atom. The second-order valence-corrected chi connectivity index (χ2v) is 16.8. The predicted molar refractivity (Wildman–Crippen MR) is 196 cm³/mol. The molecule has 0 aromatic rings. The molecule has 0 unspecified atom stereocenters. The minimum absolute atomic E-state index is 0. The molecule has 31 heteroatoms. The Bertz CT molecular complexity index is 1240. The van der Waals surface area contributed by atoms with E-state index in [0.717, 1.165) is 0 Å². The van der Waals surface area contributed by atoms with Crippen LogP contribution in [0, 0.1) is 0 Å². The monoisotopic (exact) mass is 1170 g/mol. The summed E-state index contributed by atoms with van der Waals surface area (Å²) in [4.78, 5) is 0. The third-order valence-corrected chi connectivity index (χ3v) is 12.7. The van der Waals surface area contributed by atoms with Crippen molar-refractivity contribution >= 4 is 0 Å². The standard InChI is InChI=1S/C36H60O30.Ir/c37-1-7-25-13(43)19(49)31(55-7)62-26-8(2-38)57-33(21(51)15(26)45)64-28-10(4-40)59-35(23(53)17(28)47)66-30-12(6-42)60-36(24(54)18(30)48)65-29-11(5-41)58-34(22(52)16(29)46)63-27-9(3-39)56-32(61-25)20(50)14(27)44;/h7-54H,1-6H2;/t7-,8-,9-,10-,11-,12-,13-,14-,15-,16-,17-,18-,19-,20-,21-,22-,23-,24-,25-,26-,27-,28-,29-,30+,31-,32-,33-,34-,35-,36-;/m1./s1. The first kappa shape index (κ1) is 55.8. The molecule has 18 N–H and O–H groups in total. The normalized spacial score (nSPS) is 54.5. The molecule has 22 aliphatic rings. The first-order valence-electron chi connectivity index (χ1n) is 21.1. The summed E-state index contributed by atoms with van der Waals surface area (Å²) in [5.41, 5.74) is 0. The predicted octanol–water partition coefficient (Wildman–Crippen LogP) is -13.1. The quantitative estimate of drug-likeness (QED) is 0.117. The van der Waals surface area contributed by atoms with Gasteiger partial charge < -0.3 is 149 Å². The van der Waals surface area contributed by atoms with Crippen LogP contribution in [0.3, 0.4) is 0 Å². The van der Waals surface area contributed by atoms with Crippen molar-refractivity contribution in [1.82, 2.24) is 0 Å². The molecule has 30 nitrogen and oxygen atoms in total. The third-order valence-electron chi connectivity index (χ3n) is 12.7. The summed E-state index contributed by atoms with van der Waals surface area (Å²) in [7, 11) is 0. The van der Waals surface area contributed by atoms with Gasteiger partial charge in [0.25, 0.3) is 0 Å². The number of ether oxygens (including phenoxy) is 12. The smallest absolute Gasteiger partial charge is 0.187 e. The Kier molecular flexibility index (Phi) is 19.6. The topological polar surface area (TPSA) is 475 Å². The molecule has 22 saturated heterocycles. The van der Waals surface area contributed by atoms with Gasteiger partial charge in [-0.25, -0.2) is 0 Å². The molecule has 30 atom stereocenters. The molecular formula is C36H60IrO30. The van der Waals surface area contributed by atoms with E-state index in [2.05, 4.69) is 0 Å². The number of hydrogen-bond acceptors (Lipinski definition) is 30. The Hall–Kier alpha value is -0.551. The molecule has 1 radical (unpaired) electrons. The Balaban J connectivity index is 0.00000741. The van der Waals surface area contributed by atoms with Gasteiger partial charge in [-0.1, -0.05) is 0 Å². The van der Waals surface area contributed by atoms with Crippen molar-refractivity contribution in [2.45, 2.75) is 184 Å². The number of hydrogen-bond donors (Lipinski definition) is 18. The average Bonchev–Trinajstić information content (AvgIpc) is 3.31. The molecule has 22 fully saturated rings. The molecule has 0 saturated carbocycles. The Morgan fingerprint density at radius 3 is 0.418 bits per heavy atom. The Morgan fingerprint density at radius 1 is 0.194 bits per heavy atom. The fourth-order valence-corrected chi connectivity index (χ4v) is 8.93. The summed E-state index contributed by atoms with van der Waals surface area (Å²) >= 11 is 0. The Labute approximate surface area is 392 Å². The van der Waals surface area contributed by atoms with Crippen molar-refractivity contribution < 1.29 is 169 Å². The summed E-state index contributed by atoms with van der Waals surface area (Å²) < 4.78 is 67.9. The van der Waals surface area contributed by atoms with Gasteiger partial charge in [0.15, 0.2) is 37.7 Å². The molecule has 12 bridgehead atoms. The van der Waals surface area contributed by atoms with E-state index in [1.165, 1.54) is 0 Å². The van der Waals surface area contributed by atoms with Crippen molar-refractivity contribution in [2.24, 2.45) is 0 Å². The number of aliphatic hydroxyl groups is 18. The molecule has 22 heterocycles. The zero-order valence-corrected chi connectivity index (χ0v) is 37.2. The first-order valence-corrected chi connectivity index (χ1v) is 21.1. The maximum absolute atomic E-state index is 11.2. The summed E-state index contributed by atoms with van der Waals surface area (Å²) in [6, 6.07) is 0. The van der Waals surface area contributed by atoms with Gasteiger partial charge in [-0.2, -0.15) is 0 Å². The molecule has 0 aliphatic carbocycles. The van der Waals surface area contributed by atoms with Gasteiger partial charge in [0.05, 0.1) is 39.6 Å². The fraction of sp³-hybridized carbons (Fsp3) is 1.00. The molecule has 22 aliphatic heterocycles. The average molecular weight is 1170 g/mol. The van der Waals surface area contributed by atoms with E-state index >= 15 is 0 Å². The minimum Gasteiger partial charge on any atom is -0.394 e. The van der Waals surface area contributed by atoms with E-state index in [9.17, 15) is 91.9 Å². The second kappa shape index (κ2) is 23.5. The molecule has 22 rings (SSSR count). The third kappa shape index (κ3) is 10.9. The van der Waals surface area contributed by atoms with E-state index < -0.39 is 224 Å². The van der Waals surface area contributed by atoms with Crippen molar-refractivity contribution in [3.8, 4) is 0 Å². The van der Waals surface area contributed by atoms with Crippen LogP contribution in [0.2, 0.25) is 0 Å². The molecule has 393 valence electrons. The fourth-order valence-electron chi connectivity index (χ4n) is 8.93. The zero-order chi connectivity index (χ0) is 48.0. The van der Waals surface area contributed by atoms with Gasteiger partial charge in [0.1, 0.15) is 146 Å². The van der Waals surface area contributed by atoms with Crippen molar-refractivity contribution in [3.63, 3.8) is 0 Å². The SMILES string of the molecule is OC[C@H]1O[C@@H]2O[C@H]3[C@H](O)[C@@H](O)[C@@H](O[C@H]4[C@H](O)[C@@H](O)[C@@H](O[C@H]5[C@H](O)[C@@H](O)[C@@H](O[C@H]6[C@H](O)[C@@H](O)[C@@H](O[C@H]7[C@H](O)[C@@H](O)[C@@H](O[C@@H]1[C@H](O)[C@H]2O)O[C@@H]7CO)O[C@@H]6CO)O[C@@H]5CO)O[C@@H]4CO)O[C@@H]3CO.[Ir]. The zero-order valence-electron chi connectivity index (χ0n) is 34.8. The summed E-state index contributed by atoms with van der Waals surface area (Å²) in [5, 5.41) is 196. The molecule has 0 aromatic carbocycles. The maximum atomic E-state index is 11.2. The van der Waals surface area contributed by atoms with E-state index in [-0.39, 0.29) is 20.1 Å². The molecule has 67 heavy (non-hydrogen) atoms. The van der Waals surface area contributed by atoms with E-state index in [4.69, 9.17) is 56.8 Å². The number of aliphatic hydroxyl groups excluding tert-OH is 18. The van der Waals surface area contributed by atoms with Crippen LogP contribution in [-0.4, -0.2) is 316 Å². The van der Waals surface area contributed by atoms with Crippen molar-refractivity contribution in [2.75, 3.05) is 39.6 Å². The molecule has 0 amide bonds. The van der Waals surface area contributed by atoms with Crippen LogP contribution in [-0.2, 0) is 76.9 Å². The van der Waals surface area contributed by atoms with Gasteiger partial charge in [-0.05, 0) is 0 Å². The summed E-state index contributed by atoms with van der Waals surface area (Å²) in [6.45, 7) is -5.99. The van der Waals surface area contributed by atoms with Crippen LogP contribution < -0.4 is 0 Å². The van der Waals surface area contributed by atoms with Crippen LogP contribution in [0.25, 0.3) is 0 Å². The second-order valence-electron chi connectivity index (χ2n) is 16.8. The van der Waals surface area contributed by atoms with Crippen LogP contribution in [0.5, 0.6) is 0 Å². The van der Waals surface area contributed by atoms with Gasteiger partial charge in [-0.3, -0.25) is 0 Å².